The molecule has 0 aliphatic heterocycles. The van der Waals surface area contributed by atoms with E-state index in [0.29, 0.717) is 36.3 Å². The van der Waals surface area contributed by atoms with E-state index in [1.54, 1.807) is 36.4 Å². The van der Waals surface area contributed by atoms with Gasteiger partial charge in [-0.25, -0.2) is 4.79 Å². The Kier molecular flexibility index (Phi) is 7.95. The van der Waals surface area contributed by atoms with Gasteiger partial charge in [0.25, 0.3) is 5.91 Å². The molecule has 2 aromatic rings. The van der Waals surface area contributed by atoms with Crippen LogP contribution in [-0.4, -0.2) is 31.7 Å². The van der Waals surface area contributed by atoms with Gasteiger partial charge < -0.3 is 19.5 Å². The van der Waals surface area contributed by atoms with Crippen molar-refractivity contribution in [2.75, 3.05) is 19.8 Å². The largest absolute Gasteiger partial charge is 0.490 e. The number of nitrogens with one attached hydrogen (secondary N) is 1. The average Bonchev–Trinajstić information content (AvgIpc) is 2.66. The minimum absolute atomic E-state index is 0.282. The van der Waals surface area contributed by atoms with Crippen molar-refractivity contribution in [1.29, 1.82) is 0 Å². The Labute approximate surface area is 163 Å². The molecule has 2 aromatic carbocycles. The molecule has 2 rings (SSSR count). The van der Waals surface area contributed by atoms with Crippen molar-refractivity contribution in [3.05, 3.63) is 58.6 Å². The van der Waals surface area contributed by atoms with Crippen molar-refractivity contribution in [3.8, 4) is 11.5 Å². The molecule has 0 fully saturated rings. The third-order valence-corrected chi connectivity index (χ3v) is 3.73. The molecule has 0 unspecified atom stereocenters. The maximum absolute atomic E-state index is 12.2. The zero-order chi connectivity index (χ0) is 19.6. The van der Waals surface area contributed by atoms with E-state index in [2.05, 4.69) is 5.32 Å². The van der Waals surface area contributed by atoms with Gasteiger partial charge in [0.15, 0.2) is 18.1 Å². The van der Waals surface area contributed by atoms with Crippen LogP contribution in [0.4, 0.5) is 0 Å². The van der Waals surface area contributed by atoms with E-state index in [4.69, 9.17) is 25.8 Å². The molecule has 1 N–H and O–H groups in total. The van der Waals surface area contributed by atoms with Gasteiger partial charge in [0.05, 0.1) is 18.8 Å². The first kappa shape index (κ1) is 20.6. The predicted molar refractivity (Wildman–Crippen MR) is 102 cm³/mol. The van der Waals surface area contributed by atoms with E-state index in [1.165, 1.54) is 0 Å². The van der Waals surface area contributed by atoms with Crippen LogP contribution in [0, 0.1) is 0 Å². The van der Waals surface area contributed by atoms with Crippen LogP contribution in [0.2, 0.25) is 5.02 Å². The van der Waals surface area contributed by atoms with E-state index < -0.39 is 11.9 Å². The highest BCUT2D eigenvalue weighted by molar-refractivity contribution is 6.30. The molecule has 0 bridgehead atoms. The topological polar surface area (TPSA) is 73.9 Å². The molecule has 0 aromatic heterocycles. The minimum atomic E-state index is -0.614. The Morgan fingerprint density at radius 1 is 1.00 bits per heavy atom. The van der Waals surface area contributed by atoms with Crippen molar-refractivity contribution >= 4 is 23.5 Å². The van der Waals surface area contributed by atoms with Crippen molar-refractivity contribution in [2.45, 2.75) is 20.4 Å². The number of ether oxygens (including phenoxy) is 3. The van der Waals surface area contributed by atoms with Crippen LogP contribution >= 0.6 is 11.6 Å². The Morgan fingerprint density at radius 3 is 2.44 bits per heavy atom. The molecule has 144 valence electrons. The van der Waals surface area contributed by atoms with Gasteiger partial charge in [0.2, 0.25) is 0 Å². The minimum Gasteiger partial charge on any atom is -0.490 e. The molecular weight excluding hydrogens is 370 g/mol. The second-order valence-electron chi connectivity index (χ2n) is 5.51. The summed E-state index contributed by atoms with van der Waals surface area (Å²) in [6.07, 6.45) is 0. The molecular formula is C20H22ClNO5. The third kappa shape index (κ3) is 6.49. The van der Waals surface area contributed by atoms with Gasteiger partial charge in [-0.3, -0.25) is 4.79 Å². The Balaban J connectivity index is 1.88. The summed E-state index contributed by atoms with van der Waals surface area (Å²) >= 11 is 5.90. The van der Waals surface area contributed by atoms with E-state index in [1.807, 2.05) is 19.9 Å². The molecule has 0 atom stereocenters. The summed E-state index contributed by atoms with van der Waals surface area (Å²) in [5.74, 6) is -0.00873. The normalized spacial score (nSPS) is 10.2. The van der Waals surface area contributed by atoms with Crippen LogP contribution in [0.25, 0.3) is 0 Å². The highest BCUT2D eigenvalue weighted by atomic mass is 35.5. The molecule has 0 saturated carbocycles. The molecule has 1 amide bonds. The lowest BCUT2D eigenvalue weighted by molar-refractivity contribution is -0.124. The van der Waals surface area contributed by atoms with E-state index in [0.717, 1.165) is 5.56 Å². The molecule has 27 heavy (non-hydrogen) atoms. The molecule has 7 heteroatoms. The van der Waals surface area contributed by atoms with Gasteiger partial charge in [-0.2, -0.15) is 0 Å². The number of hydrogen-bond acceptors (Lipinski definition) is 5. The number of amides is 1. The molecule has 0 aliphatic rings. The number of benzene rings is 2. The fourth-order valence-electron chi connectivity index (χ4n) is 2.29. The Bertz CT molecular complexity index is 794. The molecule has 0 aliphatic carbocycles. The maximum Gasteiger partial charge on any atom is 0.338 e. The Hall–Kier alpha value is -2.73. The predicted octanol–water partition coefficient (Wildman–Crippen LogP) is 3.61. The highest BCUT2D eigenvalue weighted by Crippen LogP contribution is 2.28. The second-order valence-corrected chi connectivity index (χ2v) is 5.95. The van der Waals surface area contributed by atoms with Crippen LogP contribution in [0.15, 0.2) is 42.5 Å². The van der Waals surface area contributed by atoms with Crippen LogP contribution in [0.5, 0.6) is 11.5 Å². The number of hydrogen-bond donors (Lipinski definition) is 1. The molecule has 0 spiro atoms. The monoisotopic (exact) mass is 391 g/mol. The lowest BCUT2D eigenvalue weighted by Gasteiger charge is -2.12. The summed E-state index contributed by atoms with van der Waals surface area (Å²) in [4.78, 5) is 24.1. The van der Waals surface area contributed by atoms with Gasteiger partial charge >= 0.3 is 5.97 Å². The Morgan fingerprint density at radius 2 is 1.74 bits per heavy atom. The second kappa shape index (κ2) is 10.4. The van der Waals surface area contributed by atoms with E-state index in [-0.39, 0.29) is 12.2 Å². The van der Waals surface area contributed by atoms with E-state index >= 15 is 0 Å². The molecule has 6 nitrogen and oxygen atoms in total. The number of halogens is 1. The zero-order valence-corrected chi connectivity index (χ0v) is 16.0. The quantitative estimate of drug-likeness (QED) is 0.661. The summed E-state index contributed by atoms with van der Waals surface area (Å²) in [5.41, 5.74) is 1.14. The SMILES string of the molecule is CCOc1ccc(C(=O)OCC(=O)NCc2cccc(Cl)c2)cc1OCC. The average molecular weight is 392 g/mol. The fourth-order valence-corrected chi connectivity index (χ4v) is 2.50. The number of esters is 1. The number of carbonyl (C=O) groups excluding carboxylic acids is 2. The third-order valence-electron chi connectivity index (χ3n) is 3.49. The van der Waals surface area contributed by atoms with Gasteiger partial charge in [0.1, 0.15) is 0 Å². The van der Waals surface area contributed by atoms with Crippen molar-refractivity contribution in [2.24, 2.45) is 0 Å². The van der Waals surface area contributed by atoms with Gasteiger partial charge in [0, 0.05) is 11.6 Å². The fraction of sp³-hybridized carbons (Fsp3) is 0.300. The smallest absolute Gasteiger partial charge is 0.338 e. The van der Waals surface area contributed by atoms with Gasteiger partial charge in [-0.15, -0.1) is 0 Å². The molecule has 0 heterocycles. The molecule has 0 saturated heterocycles. The summed E-state index contributed by atoms with van der Waals surface area (Å²) in [5, 5.41) is 3.26. The number of rotatable bonds is 9. The first-order valence-electron chi connectivity index (χ1n) is 8.61. The number of carbonyl (C=O) groups is 2. The van der Waals surface area contributed by atoms with Crippen LogP contribution in [-0.2, 0) is 16.1 Å². The van der Waals surface area contributed by atoms with Crippen LogP contribution < -0.4 is 14.8 Å². The maximum atomic E-state index is 12.2. The summed E-state index contributed by atoms with van der Waals surface area (Å²) in [6.45, 7) is 4.54. The van der Waals surface area contributed by atoms with Crippen LogP contribution in [0.1, 0.15) is 29.8 Å². The van der Waals surface area contributed by atoms with Crippen molar-refractivity contribution < 1.29 is 23.8 Å². The zero-order valence-electron chi connectivity index (χ0n) is 15.3. The lowest BCUT2D eigenvalue weighted by atomic mass is 10.2. The molecule has 0 radical (unpaired) electrons. The van der Waals surface area contributed by atoms with Gasteiger partial charge in [-0.05, 0) is 49.7 Å². The summed E-state index contributed by atoms with van der Waals surface area (Å²) in [7, 11) is 0. The van der Waals surface area contributed by atoms with Gasteiger partial charge in [-0.1, -0.05) is 23.7 Å². The van der Waals surface area contributed by atoms with Crippen molar-refractivity contribution in [3.63, 3.8) is 0 Å². The van der Waals surface area contributed by atoms with Crippen molar-refractivity contribution in [1.82, 2.24) is 5.32 Å². The lowest BCUT2D eigenvalue weighted by Crippen LogP contribution is -2.28. The highest BCUT2D eigenvalue weighted by Gasteiger charge is 2.14. The summed E-state index contributed by atoms with van der Waals surface area (Å²) in [6, 6.07) is 11.9. The van der Waals surface area contributed by atoms with E-state index in [9.17, 15) is 9.59 Å². The first-order valence-corrected chi connectivity index (χ1v) is 8.99. The summed E-state index contributed by atoms with van der Waals surface area (Å²) < 4.78 is 16.0. The van der Waals surface area contributed by atoms with Crippen LogP contribution in [0.3, 0.4) is 0 Å². The first-order chi connectivity index (χ1) is 13.0. The standard InChI is InChI=1S/C20H22ClNO5/c1-3-25-17-9-8-15(11-18(17)26-4-2)20(24)27-13-19(23)22-12-14-6-5-7-16(21)10-14/h5-11H,3-4,12-13H2,1-2H3,(H,22,23).